The Morgan fingerprint density at radius 2 is 2.23 bits per heavy atom. The largest absolute Gasteiger partial charge is 0.361 e. The van der Waals surface area contributed by atoms with Crippen molar-refractivity contribution in [1.29, 1.82) is 0 Å². The smallest absolute Gasteiger partial charge is 0.112 e. The number of rotatable bonds is 1. The van der Waals surface area contributed by atoms with E-state index in [1.165, 1.54) is 19.4 Å². The maximum Gasteiger partial charge on any atom is 0.112 e. The summed E-state index contributed by atoms with van der Waals surface area (Å²) < 4.78 is 5.76. The predicted octanol–water partition coefficient (Wildman–Crippen LogP) is 0.711. The Labute approximate surface area is 80.2 Å². The van der Waals surface area contributed by atoms with Gasteiger partial charge in [-0.05, 0) is 33.2 Å². The van der Waals surface area contributed by atoms with E-state index in [1.807, 2.05) is 0 Å². The molecule has 0 aliphatic carbocycles. The van der Waals surface area contributed by atoms with Gasteiger partial charge < -0.3 is 10.1 Å². The van der Waals surface area contributed by atoms with Crippen molar-refractivity contribution < 1.29 is 4.74 Å². The van der Waals surface area contributed by atoms with Crippen molar-refractivity contribution in [2.45, 2.75) is 38.5 Å². The highest BCUT2D eigenvalue weighted by atomic mass is 16.5. The Balaban J connectivity index is 1.87. The van der Waals surface area contributed by atoms with Crippen LogP contribution in [0.2, 0.25) is 0 Å². The summed E-state index contributed by atoms with van der Waals surface area (Å²) in [6.07, 6.45) is 2.86. The van der Waals surface area contributed by atoms with Crippen LogP contribution in [0.25, 0.3) is 0 Å². The molecule has 13 heavy (non-hydrogen) atoms. The summed E-state index contributed by atoms with van der Waals surface area (Å²) >= 11 is 0. The first-order chi connectivity index (χ1) is 6.17. The molecule has 2 rings (SSSR count). The summed E-state index contributed by atoms with van der Waals surface area (Å²) in [4.78, 5) is 0. The van der Waals surface area contributed by atoms with Gasteiger partial charge in [0.1, 0.15) is 6.23 Å². The van der Waals surface area contributed by atoms with Crippen molar-refractivity contribution in [3.63, 3.8) is 0 Å². The molecule has 2 N–H and O–H groups in total. The van der Waals surface area contributed by atoms with Crippen molar-refractivity contribution >= 4 is 0 Å². The topological polar surface area (TPSA) is 33.3 Å². The van der Waals surface area contributed by atoms with E-state index < -0.39 is 0 Å². The molecule has 2 atom stereocenters. The zero-order valence-corrected chi connectivity index (χ0v) is 8.60. The second-order valence-electron chi connectivity index (χ2n) is 4.87. The van der Waals surface area contributed by atoms with E-state index >= 15 is 0 Å². The first-order valence-electron chi connectivity index (χ1n) is 5.27. The molecule has 3 heteroatoms. The maximum absolute atomic E-state index is 5.76. The lowest BCUT2D eigenvalue weighted by molar-refractivity contribution is 0.0414. The van der Waals surface area contributed by atoms with Crippen LogP contribution in [0.3, 0.4) is 0 Å². The molecule has 0 aromatic rings. The van der Waals surface area contributed by atoms with E-state index in [9.17, 15) is 0 Å². The second kappa shape index (κ2) is 3.56. The molecule has 2 aliphatic heterocycles. The zero-order chi connectivity index (χ0) is 9.31. The van der Waals surface area contributed by atoms with Crippen LogP contribution < -0.4 is 10.6 Å². The number of ether oxygens (including phenoxy) is 1. The molecule has 2 heterocycles. The fourth-order valence-corrected chi connectivity index (χ4v) is 2.16. The van der Waals surface area contributed by atoms with Gasteiger partial charge in [0, 0.05) is 18.0 Å². The van der Waals surface area contributed by atoms with Crippen LogP contribution in [0.4, 0.5) is 0 Å². The number of hydrogen-bond acceptors (Lipinski definition) is 3. The van der Waals surface area contributed by atoms with Crippen LogP contribution in [-0.2, 0) is 4.74 Å². The van der Waals surface area contributed by atoms with Crippen LogP contribution in [-0.4, -0.2) is 31.5 Å². The minimum atomic E-state index is 0.169. The molecule has 76 valence electrons. The third kappa shape index (κ3) is 2.22. The van der Waals surface area contributed by atoms with Crippen molar-refractivity contribution in [3.05, 3.63) is 0 Å². The average molecular weight is 184 g/mol. The minimum Gasteiger partial charge on any atom is -0.361 e. The summed E-state index contributed by atoms with van der Waals surface area (Å²) in [5.41, 5.74) is 0.169. The Morgan fingerprint density at radius 1 is 1.38 bits per heavy atom. The molecule has 0 spiro atoms. The van der Waals surface area contributed by atoms with Gasteiger partial charge in [0.15, 0.2) is 0 Å². The van der Waals surface area contributed by atoms with Crippen molar-refractivity contribution in [3.8, 4) is 0 Å². The van der Waals surface area contributed by atoms with Gasteiger partial charge in [0.25, 0.3) is 0 Å². The van der Waals surface area contributed by atoms with E-state index in [4.69, 9.17) is 4.74 Å². The monoisotopic (exact) mass is 184 g/mol. The summed E-state index contributed by atoms with van der Waals surface area (Å²) in [5.74, 6) is 0.663. The van der Waals surface area contributed by atoms with Gasteiger partial charge >= 0.3 is 0 Å². The first-order valence-corrected chi connectivity index (χ1v) is 5.27. The highest BCUT2D eigenvalue weighted by molar-refractivity contribution is 4.89. The lowest BCUT2D eigenvalue weighted by Crippen LogP contribution is -2.46. The molecule has 0 amide bonds. The Kier molecular flexibility index (Phi) is 2.58. The van der Waals surface area contributed by atoms with Crippen molar-refractivity contribution in [2.24, 2.45) is 5.92 Å². The quantitative estimate of drug-likeness (QED) is 0.629. The van der Waals surface area contributed by atoms with E-state index in [-0.39, 0.29) is 11.8 Å². The Hall–Kier alpha value is -0.120. The van der Waals surface area contributed by atoms with Crippen LogP contribution in [0.1, 0.15) is 26.7 Å². The maximum atomic E-state index is 5.76. The average Bonchev–Trinajstić information content (AvgIpc) is 2.48. The highest BCUT2D eigenvalue weighted by Crippen LogP contribution is 2.23. The fourth-order valence-electron chi connectivity index (χ4n) is 2.16. The molecule has 0 aromatic heterocycles. The van der Waals surface area contributed by atoms with Gasteiger partial charge in [-0.2, -0.15) is 0 Å². The van der Waals surface area contributed by atoms with E-state index in [0.29, 0.717) is 5.92 Å². The lowest BCUT2D eigenvalue weighted by Gasteiger charge is -2.28. The molecule has 2 aliphatic rings. The molecule has 2 unspecified atom stereocenters. The summed E-state index contributed by atoms with van der Waals surface area (Å²) in [5, 5.41) is 6.96. The third-order valence-corrected chi connectivity index (χ3v) is 2.92. The minimum absolute atomic E-state index is 0.169. The third-order valence-electron chi connectivity index (χ3n) is 2.92. The first kappa shape index (κ1) is 9.44. The van der Waals surface area contributed by atoms with Gasteiger partial charge in [0.05, 0.1) is 6.61 Å². The molecular weight excluding hydrogens is 164 g/mol. The highest BCUT2D eigenvalue weighted by Gasteiger charge is 2.35. The summed E-state index contributed by atoms with van der Waals surface area (Å²) in [6.45, 7) is 7.51. The van der Waals surface area contributed by atoms with Crippen LogP contribution in [0, 0.1) is 5.92 Å². The lowest BCUT2D eigenvalue weighted by atomic mass is 9.97. The number of piperidine rings is 1. The van der Waals surface area contributed by atoms with Gasteiger partial charge in [-0.3, -0.25) is 5.32 Å². The molecule has 0 saturated carbocycles. The van der Waals surface area contributed by atoms with E-state index in [0.717, 1.165) is 13.2 Å². The summed E-state index contributed by atoms with van der Waals surface area (Å²) in [6, 6.07) is 0. The van der Waals surface area contributed by atoms with Gasteiger partial charge in [-0.15, -0.1) is 0 Å². The number of nitrogens with one attached hydrogen (secondary N) is 2. The second-order valence-corrected chi connectivity index (χ2v) is 4.87. The SMILES string of the molecule is CC1(C)COC(C2CCCNC2)N1. The Morgan fingerprint density at radius 3 is 2.77 bits per heavy atom. The van der Waals surface area contributed by atoms with Crippen LogP contribution in [0.15, 0.2) is 0 Å². The standard InChI is InChI=1S/C10H20N2O/c1-10(2)7-13-9(12-10)8-4-3-5-11-6-8/h8-9,11-12H,3-7H2,1-2H3. The van der Waals surface area contributed by atoms with Crippen LogP contribution >= 0.6 is 0 Å². The zero-order valence-electron chi connectivity index (χ0n) is 8.60. The molecular formula is C10H20N2O. The van der Waals surface area contributed by atoms with E-state index in [2.05, 4.69) is 24.5 Å². The molecule has 2 saturated heterocycles. The molecule has 3 nitrogen and oxygen atoms in total. The predicted molar refractivity (Wildman–Crippen MR) is 52.5 cm³/mol. The van der Waals surface area contributed by atoms with Crippen molar-refractivity contribution in [1.82, 2.24) is 10.6 Å². The van der Waals surface area contributed by atoms with Crippen LogP contribution in [0.5, 0.6) is 0 Å². The molecule has 0 aromatic carbocycles. The van der Waals surface area contributed by atoms with Gasteiger partial charge in [-0.1, -0.05) is 0 Å². The number of hydrogen-bond donors (Lipinski definition) is 2. The summed E-state index contributed by atoms with van der Waals surface area (Å²) in [7, 11) is 0. The molecule has 2 fully saturated rings. The van der Waals surface area contributed by atoms with E-state index in [1.54, 1.807) is 0 Å². The van der Waals surface area contributed by atoms with Gasteiger partial charge in [-0.25, -0.2) is 0 Å². The van der Waals surface area contributed by atoms with Crippen molar-refractivity contribution in [2.75, 3.05) is 19.7 Å². The fraction of sp³-hybridized carbons (Fsp3) is 1.00. The van der Waals surface area contributed by atoms with Gasteiger partial charge in [0.2, 0.25) is 0 Å². The molecule has 0 bridgehead atoms. The molecule has 0 radical (unpaired) electrons. The Bertz CT molecular complexity index is 176. The normalized spacial score (nSPS) is 39.2.